The van der Waals surface area contributed by atoms with Crippen LogP contribution in [0.1, 0.15) is 24.2 Å². The summed E-state index contributed by atoms with van der Waals surface area (Å²) in [6, 6.07) is 4.11. The first kappa shape index (κ1) is 15.4. The van der Waals surface area contributed by atoms with Crippen LogP contribution in [0.2, 0.25) is 0 Å². The van der Waals surface area contributed by atoms with Crippen LogP contribution < -0.4 is 0 Å². The van der Waals surface area contributed by atoms with Crippen LogP contribution in [0.4, 0.5) is 4.39 Å². The topological polar surface area (TPSA) is 57.5 Å². The SMILES string of the molecule is CC(=O)SCC(O)C(O)c1ccc(CCl)c(F)c1. The molecule has 0 saturated heterocycles. The average Bonchev–Trinajstić information content (AvgIpc) is 2.34. The van der Waals surface area contributed by atoms with Crippen molar-refractivity contribution in [3.8, 4) is 0 Å². The molecule has 0 amide bonds. The summed E-state index contributed by atoms with van der Waals surface area (Å²) in [5.74, 6) is -0.409. The van der Waals surface area contributed by atoms with Crippen molar-refractivity contribution in [1.29, 1.82) is 0 Å². The third-order valence-electron chi connectivity index (χ3n) is 2.38. The van der Waals surface area contributed by atoms with E-state index in [1.807, 2.05) is 0 Å². The van der Waals surface area contributed by atoms with Gasteiger partial charge in [-0.1, -0.05) is 23.9 Å². The Kier molecular flexibility index (Phi) is 6.08. The number of benzene rings is 1. The molecule has 3 nitrogen and oxygen atoms in total. The lowest BCUT2D eigenvalue weighted by molar-refractivity contribution is -0.109. The summed E-state index contributed by atoms with van der Waals surface area (Å²) in [5, 5.41) is 19.3. The molecule has 18 heavy (non-hydrogen) atoms. The Morgan fingerprint density at radius 1 is 1.50 bits per heavy atom. The monoisotopic (exact) mass is 292 g/mol. The molecular weight excluding hydrogens is 279 g/mol. The van der Waals surface area contributed by atoms with Crippen LogP contribution in [0.5, 0.6) is 0 Å². The Bertz CT molecular complexity index is 428. The highest BCUT2D eigenvalue weighted by atomic mass is 35.5. The van der Waals surface area contributed by atoms with E-state index in [1.165, 1.54) is 19.1 Å². The maximum atomic E-state index is 13.5. The second kappa shape index (κ2) is 7.09. The molecule has 0 heterocycles. The quantitative estimate of drug-likeness (QED) is 0.817. The zero-order valence-corrected chi connectivity index (χ0v) is 11.3. The van der Waals surface area contributed by atoms with Crippen LogP contribution in [-0.2, 0) is 10.7 Å². The molecule has 0 aliphatic carbocycles. The fourth-order valence-corrected chi connectivity index (χ4v) is 2.18. The number of carbonyl (C=O) groups excluding carboxylic acids is 1. The van der Waals surface area contributed by atoms with E-state index in [1.54, 1.807) is 0 Å². The number of hydrogen-bond donors (Lipinski definition) is 2. The maximum Gasteiger partial charge on any atom is 0.185 e. The zero-order chi connectivity index (χ0) is 13.7. The van der Waals surface area contributed by atoms with Gasteiger partial charge in [-0.2, -0.15) is 0 Å². The number of halogens is 2. The van der Waals surface area contributed by atoms with Gasteiger partial charge in [0.15, 0.2) is 5.12 Å². The number of carbonyl (C=O) groups is 1. The van der Waals surface area contributed by atoms with Gasteiger partial charge >= 0.3 is 0 Å². The molecule has 0 fully saturated rings. The molecule has 1 rings (SSSR count). The van der Waals surface area contributed by atoms with Gasteiger partial charge in [-0.25, -0.2) is 4.39 Å². The third-order valence-corrected chi connectivity index (χ3v) is 3.59. The number of aliphatic hydroxyl groups excluding tert-OH is 2. The van der Waals surface area contributed by atoms with Crippen molar-refractivity contribution in [2.45, 2.75) is 25.0 Å². The number of rotatable bonds is 5. The van der Waals surface area contributed by atoms with E-state index in [0.717, 1.165) is 17.8 Å². The minimum Gasteiger partial charge on any atom is -0.389 e. The van der Waals surface area contributed by atoms with Gasteiger partial charge < -0.3 is 10.2 Å². The Morgan fingerprint density at radius 2 is 2.17 bits per heavy atom. The van der Waals surface area contributed by atoms with Gasteiger partial charge in [0.05, 0.1) is 12.0 Å². The van der Waals surface area contributed by atoms with Crippen molar-refractivity contribution in [3.05, 3.63) is 35.1 Å². The number of alkyl halides is 1. The first-order chi connectivity index (χ1) is 8.45. The summed E-state index contributed by atoms with van der Waals surface area (Å²) in [5.41, 5.74) is 0.596. The molecule has 0 aromatic heterocycles. The molecule has 0 radical (unpaired) electrons. The highest BCUT2D eigenvalue weighted by molar-refractivity contribution is 8.13. The van der Waals surface area contributed by atoms with E-state index in [2.05, 4.69) is 0 Å². The highest BCUT2D eigenvalue weighted by Gasteiger charge is 2.20. The first-order valence-corrected chi connectivity index (χ1v) is 6.81. The molecule has 0 bridgehead atoms. The molecule has 2 atom stereocenters. The van der Waals surface area contributed by atoms with Crippen molar-refractivity contribution in [2.75, 3.05) is 5.75 Å². The van der Waals surface area contributed by atoms with Gasteiger partial charge in [-0.15, -0.1) is 11.6 Å². The van der Waals surface area contributed by atoms with Gasteiger partial charge in [-0.3, -0.25) is 4.79 Å². The predicted molar refractivity (Wildman–Crippen MR) is 70.1 cm³/mol. The van der Waals surface area contributed by atoms with Gasteiger partial charge in [0.1, 0.15) is 11.9 Å². The Balaban J connectivity index is 2.74. The van der Waals surface area contributed by atoms with Crippen molar-refractivity contribution in [2.24, 2.45) is 0 Å². The lowest BCUT2D eigenvalue weighted by atomic mass is 10.0. The van der Waals surface area contributed by atoms with Crippen LogP contribution in [0, 0.1) is 5.82 Å². The van der Waals surface area contributed by atoms with Gasteiger partial charge in [0, 0.05) is 18.2 Å². The lowest BCUT2D eigenvalue weighted by Crippen LogP contribution is -2.21. The van der Waals surface area contributed by atoms with E-state index in [-0.39, 0.29) is 22.3 Å². The standard InChI is InChI=1S/C12H14ClFO3S/c1-7(15)18-6-11(16)12(17)8-2-3-9(5-13)10(14)4-8/h2-4,11-12,16-17H,5-6H2,1H3. The second-order valence-electron chi connectivity index (χ2n) is 3.80. The van der Waals surface area contributed by atoms with Gasteiger partial charge in [0.2, 0.25) is 0 Å². The largest absolute Gasteiger partial charge is 0.389 e. The van der Waals surface area contributed by atoms with Crippen molar-refractivity contribution in [3.63, 3.8) is 0 Å². The fraction of sp³-hybridized carbons (Fsp3) is 0.417. The molecule has 6 heteroatoms. The maximum absolute atomic E-state index is 13.5. The molecule has 1 aromatic carbocycles. The summed E-state index contributed by atoms with van der Waals surface area (Å²) in [7, 11) is 0. The van der Waals surface area contributed by atoms with Crippen molar-refractivity contribution in [1.82, 2.24) is 0 Å². The fourth-order valence-electron chi connectivity index (χ4n) is 1.37. The normalized spacial score (nSPS) is 14.3. The van der Waals surface area contributed by atoms with Crippen LogP contribution >= 0.6 is 23.4 Å². The van der Waals surface area contributed by atoms with E-state index in [4.69, 9.17) is 11.6 Å². The number of aliphatic hydroxyl groups is 2. The van der Waals surface area contributed by atoms with Crippen LogP contribution in [0.3, 0.4) is 0 Å². The van der Waals surface area contributed by atoms with E-state index < -0.39 is 18.0 Å². The molecule has 0 spiro atoms. The number of hydrogen-bond acceptors (Lipinski definition) is 4. The Hall–Kier alpha value is -0.620. The summed E-state index contributed by atoms with van der Waals surface area (Å²) >= 11 is 6.43. The van der Waals surface area contributed by atoms with E-state index in [9.17, 15) is 19.4 Å². The van der Waals surface area contributed by atoms with Crippen molar-refractivity contribution >= 4 is 28.5 Å². The second-order valence-corrected chi connectivity index (χ2v) is 5.26. The Labute approximate surface area is 114 Å². The summed E-state index contributed by atoms with van der Waals surface area (Å²) in [6.07, 6.45) is -2.35. The molecule has 1 aromatic rings. The van der Waals surface area contributed by atoms with E-state index in [0.29, 0.717) is 5.56 Å². The zero-order valence-electron chi connectivity index (χ0n) is 9.77. The smallest absolute Gasteiger partial charge is 0.185 e. The summed E-state index contributed by atoms with van der Waals surface area (Å²) in [4.78, 5) is 10.7. The molecule has 0 aliphatic heterocycles. The first-order valence-electron chi connectivity index (χ1n) is 5.29. The molecule has 0 saturated carbocycles. The molecular formula is C12H14ClFO3S. The molecule has 100 valence electrons. The highest BCUT2D eigenvalue weighted by Crippen LogP contribution is 2.22. The molecule has 0 aliphatic rings. The van der Waals surface area contributed by atoms with Crippen molar-refractivity contribution < 1.29 is 19.4 Å². The average molecular weight is 293 g/mol. The van der Waals surface area contributed by atoms with E-state index >= 15 is 0 Å². The summed E-state index contributed by atoms with van der Waals surface area (Å²) in [6.45, 7) is 1.37. The lowest BCUT2D eigenvalue weighted by Gasteiger charge is -2.17. The van der Waals surface area contributed by atoms with Crippen LogP contribution in [0.15, 0.2) is 18.2 Å². The molecule has 2 N–H and O–H groups in total. The number of thioether (sulfide) groups is 1. The van der Waals surface area contributed by atoms with Gasteiger partial charge in [0.25, 0.3) is 0 Å². The predicted octanol–water partition coefficient (Wildman–Crippen LogP) is 2.24. The minimum absolute atomic E-state index is 0.0466. The summed E-state index contributed by atoms with van der Waals surface area (Å²) < 4.78 is 13.5. The third kappa shape index (κ3) is 4.24. The Morgan fingerprint density at radius 3 is 2.67 bits per heavy atom. The minimum atomic E-state index is -1.23. The van der Waals surface area contributed by atoms with Crippen LogP contribution in [-0.4, -0.2) is 27.2 Å². The molecule has 2 unspecified atom stereocenters. The van der Waals surface area contributed by atoms with Gasteiger partial charge in [-0.05, 0) is 11.6 Å². The van der Waals surface area contributed by atoms with Crippen LogP contribution in [0.25, 0.3) is 0 Å².